The number of furan rings is 1. The largest absolute Gasteiger partial charge is 0.475 e. The first kappa shape index (κ1) is 14.4. The van der Waals surface area contributed by atoms with Crippen LogP contribution in [0.4, 0.5) is 0 Å². The summed E-state index contributed by atoms with van der Waals surface area (Å²) in [7, 11) is 0. The molecule has 0 aliphatic rings. The number of fused-ring (bicyclic) bond motifs is 1. The number of aromatic carboxylic acids is 1. The summed E-state index contributed by atoms with van der Waals surface area (Å²) in [5, 5.41) is 10.5. The molecule has 1 aromatic heterocycles. The van der Waals surface area contributed by atoms with Crippen LogP contribution >= 0.6 is 39.1 Å². The third kappa shape index (κ3) is 2.33. The minimum absolute atomic E-state index is 0.182. The second kappa shape index (κ2) is 5.37. The Hall–Kier alpha value is -1.49. The molecule has 0 aliphatic carbocycles. The second-order valence-electron chi connectivity index (χ2n) is 4.34. The number of halogens is 3. The van der Waals surface area contributed by atoms with E-state index in [1.165, 1.54) is 0 Å². The molecule has 0 amide bonds. The molecule has 0 aliphatic heterocycles. The SMILES string of the molecule is O=C(O)c1oc2c(Cl)cc(Br)c(Cl)c2c1-c1ccccc1. The number of benzene rings is 2. The summed E-state index contributed by atoms with van der Waals surface area (Å²) in [4.78, 5) is 11.5. The second-order valence-corrected chi connectivity index (χ2v) is 5.98. The minimum atomic E-state index is -1.17. The maximum Gasteiger partial charge on any atom is 0.372 e. The van der Waals surface area contributed by atoms with E-state index < -0.39 is 5.97 Å². The number of hydrogen-bond acceptors (Lipinski definition) is 2. The molecule has 0 fully saturated rings. The lowest BCUT2D eigenvalue weighted by Gasteiger charge is -2.03. The maximum absolute atomic E-state index is 11.5. The van der Waals surface area contributed by atoms with Gasteiger partial charge in [0.2, 0.25) is 5.76 Å². The highest BCUT2D eigenvalue weighted by Gasteiger charge is 2.25. The summed E-state index contributed by atoms with van der Waals surface area (Å²) < 4.78 is 6.03. The molecule has 3 aromatic rings. The van der Waals surface area contributed by atoms with Gasteiger partial charge in [0, 0.05) is 10.0 Å². The van der Waals surface area contributed by atoms with Crippen molar-refractivity contribution in [2.75, 3.05) is 0 Å². The van der Waals surface area contributed by atoms with Gasteiger partial charge in [0.05, 0.1) is 15.4 Å². The molecule has 2 aromatic carbocycles. The van der Waals surface area contributed by atoms with E-state index in [2.05, 4.69) is 15.9 Å². The summed E-state index contributed by atoms with van der Waals surface area (Å²) >= 11 is 15.8. The van der Waals surface area contributed by atoms with Gasteiger partial charge < -0.3 is 9.52 Å². The fourth-order valence-corrected chi connectivity index (χ4v) is 3.24. The summed E-state index contributed by atoms with van der Waals surface area (Å²) in [6, 6.07) is 10.6. The molecule has 6 heteroatoms. The Morgan fingerprint density at radius 1 is 1.19 bits per heavy atom. The van der Waals surface area contributed by atoms with Crippen LogP contribution in [0.25, 0.3) is 22.1 Å². The molecular weight excluding hydrogens is 379 g/mol. The average molecular weight is 386 g/mol. The van der Waals surface area contributed by atoms with Crippen molar-refractivity contribution in [3.05, 3.63) is 56.7 Å². The van der Waals surface area contributed by atoms with Crippen molar-refractivity contribution in [1.82, 2.24) is 0 Å². The first-order valence-corrected chi connectivity index (χ1v) is 7.44. The van der Waals surface area contributed by atoms with Crippen molar-refractivity contribution >= 4 is 56.1 Å². The summed E-state index contributed by atoms with van der Waals surface area (Å²) in [6.45, 7) is 0. The molecule has 0 radical (unpaired) electrons. The molecule has 3 rings (SSSR count). The van der Waals surface area contributed by atoms with Crippen LogP contribution < -0.4 is 0 Å². The average Bonchev–Trinajstić information content (AvgIpc) is 2.87. The predicted molar refractivity (Wildman–Crippen MR) is 86.3 cm³/mol. The third-order valence-electron chi connectivity index (χ3n) is 3.06. The minimum Gasteiger partial charge on any atom is -0.475 e. The monoisotopic (exact) mass is 384 g/mol. The van der Waals surface area contributed by atoms with Gasteiger partial charge in [-0.15, -0.1) is 0 Å². The maximum atomic E-state index is 11.5. The van der Waals surface area contributed by atoms with Crippen molar-refractivity contribution in [3.8, 4) is 11.1 Å². The van der Waals surface area contributed by atoms with E-state index in [0.29, 0.717) is 31.0 Å². The van der Waals surface area contributed by atoms with Crippen LogP contribution in [-0.4, -0.2) is 11.1 Å². The summed E-state index contributed by atoms with van der Waals surface area (Å²) in [5.74, 6) is -1.36. The van der Waals surface area contributed by atoms with Crippen LogP contribution in [0.3, 0.4) is 0 Å². The Bertz CT molecular complexity index is 856. The van der Waals surface area contributed by atoms with E-state index in [1.807, 2.05) is 18.2 Å². The summed E-state index contributed by atoms with van der Waals surface area (Å²) in [5.41, 5.74) is 1.39. The van der Waals surface area contributed by atoms with E-state index in [9.17, 15) is 9.90 Å². The van der Waals surface area contributed by atoms with Crippen molar-refractivity contribution in [2.24, 2.45) is 0 Å². The lowest BCUT2D eigenvalue weighted by atomic mass is 10.0. The zero-order chi connectivity index (χ0) is 15.1. The molecule has 106 valence electrons. The number of carbonyl (C=O) groups is 1. The van der Waals surface area contributed by atoms with Gasteiger partial charge in [0.15, 0.2) is 5.58 Å². The van der Waals surface area contributed by atoms with E-state index >= 15 is 0 Å². The fraction of sp³-hybridized carbons (Fsp3) is 0. The topological polar surface area (TPSA) is 50.4 Å². The first-order valence-electron chi connectivity index (χ1n) is 5.89. The van der Waals surface area contributed by atoms with E-state index in [0.717, 1.165) is 0 Å². The van der Waals surface area contributed by atoms with Crippen molar-refractivity contribution in [3.63, 3.8) is 0 Å². The quantitative estimate of drug-likeness (QED) is 0.561. The van der Waals surface area contributed by atoms with Gasteiger partial charge in [-0.3, -0.25) is 0 Å². The highest BCUT2D eigenvalue weighted by atomic mass is 79.9. The van der Waals surface area contributed by atoms with Crippen molar-refractivity contribution in [1.29, 1.82) is 0 Å². The summed E-state index contributed by atoms with van der Waals surface area (Å²) in [6.07, 6.45) is 0. The Morgan fingerprint density at radius 2 is 1.86 bits per heavy atom. The molecule has 0 bridgehead atoms. The van der Waals surface area contributed by atoms with E-state index in [1.54, 1.807) is 18.2 Å². The Morgan fingerprint density at radius 3 is 2.48 bits per heavy atom. The molecule has 0 saturated heterocycles. The van der Waals surface area contributed by atoms with Gasteiger partial charge in [0.1, 0.15) is 0 Å². The van der Waals surface area contributed by atoms with Crippen LogP contribution in [0, 0.1) is 0 Å². The standard InChI is InChI=1S/C15H7BrCl2O3/c16-8-6-9(17)13-11(12(8)18)10(14(21-13)15(19)20)7-4-2-1-3-5-7/h1-6H,(H,19,20). The number of carboxylic acid groups (broad SMARTS) is 1. The normalized spacial score (nSPS) is 11.0. The van der Waals surface area contributed by atoms with Crippen LogP contribution in [-0.2, 0) is 0 Å². The lowest BCUT2D eigenvalue weighted by molar-refractivity contribution is 0.0666. The zero-order valence-electron chi connectivity index (χ0n) is 10.4. The lowest BCUT2D eigenvalue weighted by Crippen LogP contribution is -1.96. The number of rotatable bonds is 2. The van der Waals surface area contributed by atoms with Crippen molar-refractivity contribution in [2.45, 2.75) is 0 Å². The highest BCUT2D eigenvalue weighted by molar-refractivity contribution is 9.10. The molecule has 1 heterocycles. The zero-order valence-corrected chi connectivity index (χ0v) is 13.5. The predicted octanol–water partition coefficient (Wildman–Crippen LogP) is 5.87. The number of hydrogen-bond donors (Lipinski definition) is 1. The van der Waals surface area contributed by atoms with Crippen molar-refractivity contribution < 1.29 is 14.3 Å². The van der Waals surface area contributed by atoms with Gasteiger partial charge in [-0.2, -0.15) is 0 Å². The third-order valence-corrected chi connectivity index (χ3v) is 4.59. The van der Waals surface area contributed by atoms with Gasteiger partial charge in [0.25, 0.3) is 0 Å². The van der Waals surface area contributed by atoms with Crippen LogP contribution in [0.5, 0.6) is 0 Å². The van der Waals surface area contributed by atoms with Gasteiger partial charge in [-0.05, 0) is 27.6 Å². The Balaban J connectivity index is 2.51. The van der Waals surface area contributed by atoms with E-state index in [4.69, 9.17) is 27.6 Å². The molecule has 0 spiro atoms. The van der Waals surface area contributed by atoms with Gasteiger partial charge >= 0.3 is 5.97 Å². The Kier molecular flexibility index (Phi) is 3.69. The van der Waals surface area contributed by atoms with Gasteiger partial charge in [-0.25, -0.2) is 4.79 Å². The molecule has 1 N–H and O–H groups in total. The fourth-order valence-electron chi connectivity index (χ4n) is 2.20. The molecule has 0 unspecified atom stereocenters. The smallest absolute Gasteiger partial charge is 0.372 e. The van der Waals surface area contributed by atoms with Crippen LogP contribution in [0.2, 0.25) is 10.0 Å². The number of carboxylic acids is 1. The molecule has 21 heavy (non-hydrogen) atoms. The molecule has 0 saturated carbocycles. The molecule has 0 atom stereocenters. The molecule has 3 nitrogen and oxygen atoms in total. The first-order chi connectivity index (χ1) is 10.0. The van der Waals surface area contributed by atoms with Crippen LogP contribution in [0.15, 0.2) is 45.3 Å². The van der Waals surface area contributed by atoms with Gasteiger partial charge in [-0.1, -0.05) is 53.5 Å². The Labute approximate surface area is 138 Å². The van der Waals surface area contributed by atoms with E-state index in [-0.39, 0.29) is 11.3 Å². The van der Waals surface area contributed by atoms with Crippen LogP contribution in [0.1, 0.15) is 10.6 Å². The molecular formula is C15H7BrCl2O3. The highest BCUT2D eigenvalue weighted by Crippen LogP contribution is 2.44.